The predicted octanol–water partition coefficient (Wildman–Crippen LogP) is 3.45. The predicted molar refractivity (Wildman–Crippen MR) is 108 cm³/mol. The minimum Gasteiger partial charge on any atom is -0.449 e. The van der Waals surface area contributed by atoms with E-state index in [2.05, 4.69) is 15.8 Å². The molecule has 0 unspecified atom stereocenters. The van der Waals surface area contributed by atoms with Crippen molar-refractivity contribution in [1.29, 1.82) is 0 Å². The number of aryl methyl sites for hydroxylation is 1. The SMILES string of the molecule is Cc1noc(C(C)C)c1C(=O)O[C@@H](C)C(=O)NC(=O)NC12CC3CC(CC(C3)C1)C2. The van der Waals surface area contributed by atoms with Crippen molar-refractivity contribution in [3.05, 3.63) is 17.0 Å². The second kappa shape index (κ2) is 7.71. The molecular formula is C22H31N3O5. The second-order valence-corrected chi connectivity index (χ2v) is 9.85. The van der Waals surface area contributed by atoms with Crippen LogP contribution in [0.3, 0.4) is 0 Å². The fourth-order valence-electron chi connectivity index (χ4n) is 6.05. The Kier molecular flexibility index (Phi) is 5.36. The Balaban J connectivity index is 1.33. The average molecular weight is 418 g/mol. The first-order valence-corrected chi connectivity index (χ1v) is 11.0. The van der Waals surface area contributed by atoms with Crippen molar-refractivity contribution in [2.45, 2.75) is 83.8 Å². The molecule has 1 heterocycles. The Morgan fingerprint density at radius 2 is 1.63 bits per heavy atom. The third-order valence-electron chi connectivity index (χ3n) is 6.92. The standard InChI is InChI=1S/C22H31N3O5/c1-11(2)18-17(12(3)25-30-18)20(27)29-13(4)19(26)23-21(28)24-22-8-14-5-15(9-22)7-16(6-14)10-22/h11,13-16H,5-10H2,1-4H3,(H2,23,24,26,28)/t13-,14?,15?,16?,22?/m0/s1. The summed E-state index contributed by atoms with van der Waals surface area (Å²) in [5.41, 5.74) is 0.462. The number of hydrogen-bond donors (Lipinski definition) is 2. The van der Waals surface area contributed by atoms with Crippen molar-refractivity contribution in [1.82, 2.24) is 15.8 Å². The van der Waals surface area contributed by atoms with E-state index in [1.54, 1.807) is 6.92 Å². The zero-order chi connectivity index (χ0) is 21.6. The third kappa shape index (κ3) is 3.96. The van der Waals surface area contributed by atoms with Crippen LogP contribution in [0.2, 0.25) is 0 Å². The highest BCUT2D eigenvalue weighted by Gasteiger charge is 2.51. The third-order valence-corrected chi connectivity index (χ3v) is 6.92. The summed E-state index contributed by atoms with van der Waals surface area (Å²) >= 11 is 0. The number of urea groups is 1. The van der Waals surface area contributed by atoms with Crippen LogP contribution in [0.25, 0.3) is 0 Å². The second-order valence-electron chi connectivity index (χ2n) is 9.85. The molecule has 8 nitrogen and oxygen atoms in total. The number of nitrogens with zero attached hydrogens (tertiary/aromatic N) is 1. The molecule has 4 aliphatic rings. The van der Waals surface area contributed by atoms with Gasteiger partial charge in [-0.2, -0.15) is 0 Å². The number of rotatable bonds is 5. The van der Waals surface area contributed by atoms with E-state index in [-0.39, 0.29) is 17.0 Å². The fraction of sp³-hybridized carbons (Fsp3) is 0.727. The van der Waals surface area contributed by atoms with E-state index in [4.69, 9.17) is 9.26 Å². The topological polar surface area (TPSA) is 111 Å². The molecule has 1 aromatic rings. The molecule has 1 atom stereocenters. The first-order valence-electron chi connectivity index (χ1n) is 11.0. The number of ether oxygens (including phenoxy) is 1. The van der Waals surface area contributed by atoms with Crippen LogP contribution in [-0.2, 0) is 9.53 Å². The number of aromatic nitrogens is 1. The summed E-state index contributed by atoms with van der Waals surface area (Å²) in [4.78, 5) is 37.6. The minimum atomic E-state index is -1.12. The monoisotopic (exact) mass is 417 g/mol. The van der Waals surface area contributed by atoms with Gasteiger partial charge in [-0.15, -0.1) is 0 Å². The van der Waals surface area contributed by atoms with Gasteiger partial charge < -0.3 is 14.6 Å². The molecule has 0 radical (unpaired) electrons. The number of carbonyl (C=O) groups excluding carboxylic acids is 3. The van der Waals surface area contributed by atoms with Gasteiger partial charge in [-0.25, -0.2) is 9.59 Å². The van der Waals surface area contributed by atoms with Gasteiger partial charge in [-0.3, -0.25) is 10.1 Å². The molecule has 0 spiro atoms. The van der Waals surface area contributed by atoms with Gasteiger partial charge in [0.2, 0.25) is 0 Å². The van der Waals surface area contributed by atoms with E-state index in [0.29, 0.717) is 29.2 Å². The summed E-state index contributed by atoms with van der Waals surface area (Å²) in [6.45, 7) is 6.85. The van der Waals surface area contributed by atoms with Gasteiger partial charge in [0.1, 0.15) is 5.56 Å². The van der Waals surface area contributed by atoms with Crippen LogP contribution >= 0.6 is 0 Å². The molecule has 4 saturated carbocycles. The Hall–Kier alpha value is -2.38. The fourth-order valence-corrected chi connectivity index (χ4v) is 6.05. The van der Waals surface area contributed by atoms with Crippen LogP contribution in [0.15, 0.2) is 4.52 Å². The van der Waals surface area contributed by atoms with Gasteiger partial charge in [0, 0.05) is 11.5 Å². The maximum absolute atomic E-state index is 12.5. The lowest BCUT2D eigenvalue weighted by atomic mass is 9.53. The Labute approximate surface area is 176 Å². The van der Waals surface area contributed by atoms with Crippen LogP contribution in [-0.4, -0.2) is 34.7 Å². The molecule has 4 bridgehead atoms. The van der Waals surface area contributed by atoms with E-state index in [0.717, 1.165) is 19.3 Å². The van der Waals surface area contributed by atoms with Gasteiger partial charge >= 0.3 is 12.0 Å². The zero-order valence-electron chi connectivity index (χ0n) is 18.1. The smallest absolute Gasteiger partial charge is 0.344 e. The Morgan fingerprint density at radius 3 is 2.17 bits per heavy atom. The number of carbonyl (C=O) groups is 3. The van der Waals surface area contributed by atoms with Crippen molar-refractivity contribution in [2.75, 3.05) is 0 Å². The number of nitrogens with one attached hydrogen (secondary N) is 2. The van der Waals surface area contributed by atoms with Crippen LogP contribution < -0.4 is 10.6 Å². The van der Waals surface area contributed by atoms with Gasteiger partial charge in [-0.1, -0.05) is 19.0 Å². The zero-order valence-corrected chi connectivity index (χ0v) is 18.1. The number of amides is 3. The maximum Gasteiger partial charge on any atom is 0.344 e. The normalized spacial score (nSPS) is 30.2. The van der Waals surface area contributed by atoms with Gasteiger partial charge in [0.05, 0.1) is 5.69 Å². The van der Waals surface area contributed by atoms with E-state index in [9.17, 15) is 14.4 Å². The van der Waals surface area contributed by atoms with Crippen LogP contribution in [0.1, 0.15) is 87.0 Å². The summed E-state index contributed by atoms with van der Waals surface area (Å²) in [5.74, 6) is 1.11. The number of esters is 1. The highest BCUT2D eigenvalue weighted by Crippen LogP contribution is 2.55. The van der Waals surface area contributed by atoms with Gasteiger partial charge in [0.25, 0.3) is 5.91 Å². The first-order chi connectivity index (χ1) is 14.2. The molecule has 8 heteroatoms. The quantitative estimate of drug-likeness (QED) is 0.710. The summed E-state index contributed by atoms with van der Waals surface area (Å²) in [5, 5.41) is 9.26. The number of imide groups is 1. The maximum atomic E-state index is 12.5. The molecule has 4 fully saturated rings. The molecule has 0 aromatic carbocycles. The van der Waals surface area contributed by atoms with E-state index in [1.807, 2.05) is 13.8 Å². The summed E-state index contributed by atoms with van der Waals surface area (Å²) in [6.07, 6.45) is 5.69. The average Bonchev–Trinajstić information content (AvgIpc) is 3.01. The molecule has 1 aromatic heterocycles. The highest BCUT2D eigenvalue weighted by molar-refractivity contribution is 5.99. The Morgan fingerprint density at radius 1 is 1.07 bits per heavy atom. The van der Waals surface area contributed by atoms with Gasteiger partial charge in [0.15, 0.2) is 11.9 Å². The molecular weight excluding hydrogens is 386 g/mol. The molecule has 3 amide bonds. The molecule has 4 aliphatic carbocycles. The van der Waals surface area contributed by atoms with Gasteiger partial charge in [-0.05, 0) is 70.1 Å². The minimum absolute atomic E-state index is 0.0519. The van der Waals surface area contributed by atoms with E-state index >= 15 is 0 Å². The lowest BCUT2D eigenvalue weighted by Gasteiger charge is -2.56. The van der Waals surface area contributed by atoms with Crippen molar-refractivity contribution < 1.29 is 23.6 Å². The van der Waals surface area contributed by atoms with Crippen LogP contribution in [0.5, 0.6) is 0 Å². The molecule has 30 heavy (non-hydrogen) atoms. The van der Waals surface area contributed by atoms with Crippen molar-refractivity contribution in [3.8, 4) is 0 Å². The molecule has 2 N–H and O–H groups in total. The lowest BCUT2D eigenvalue weighted by molar-refractivity contribution is -0.128. The summed E-state index contributed by atoms with van der Waals surface area (Å²) in [6, 6.07) is -0.506. The van der Waals surface area contributed by atoms with E-state index in [1.165, 1.54) is 26.2 Å². The van der Waals surface area contributed by atoms with Crippen LogP contribution in [0.4, 0.5) is 4.79 Å². The first kappa shape index (κ1) is 20.9. The summed E-state index contributed by atoms with van der Waals surface area (Å²) < 4.78 is 10.5. The molecule has 0 aliphatic heterocycles. The molecule has 0 saturated heterocycles. The van der Waals surface area contributed by atoms with E-state index < -0.39 is 24.0 Å². The summed E-state index contributed by atoms with van der Waals surface area (Å²) in [7, 11) is 0. The largest absolute Gasteiger partial charge is 0.449 e. The van der Waals surface area contributed by atoms with Crippen molar-refractivity contribution in [3.63, 3.8) is 0 Å². The van der Waals surface area contributed by atoms with Crippen molar-refractivity contribution in [2.24, 2.45) is 17.8 Å². The number of hydrogen-bond acceptors (Lipinski definition) is 6. The molecule has 5 rings (SSSR count). The van der Waals surface area contributed by atoms with Crippen molar-refractivity contribution >= 4 is 17.9 Å². The molecule has 164 valence electrons. The Bertz CT molecular complexity index is 824. The van der Waals surface area contributed by atoms with Crippen LogP contribution in [0, 0.1) is 24.7 Å². The highest BCUT2D eigenvalue weighted by atomic mass is 16.5. The lowest BCUT2D eigenvalue weighted by Crippen LogP contribution is -2.62.